The van der Waals surface area contributed by atoms with E-state index >= 15 is 0 Å². The lowest BCUT2D eigenvalue weighted by Gasteiger charge is -2.26. The molecule has 0 aliphatic rings. The average molecular weight is 425 g/mol. The molecule has 0 unspecified atom stereocenters. The molecule has 0 saturated carbocycles. The van der Waals surface area contributed by atoms with Gasteiger partial charge in [-0.05, 0) is 50.1 Å². The van der Waals surface area contributed by atoms with Gasteiger partial charge in [0, 0.05) is 20.1 Å². The highest BCUT2D eigenvalue weighted by molar-refractivity contribution is 7.92. The van der Waals surface area contributed by atoms with Gasteiger partial charge in [0.1, 0.15) is 0 Å². The molecule has 28 heavy (non-hydrogen) atoms. The molecule has 6 nitrogen and oxygen atoms in total. The van der Waals surface area contributed by atoms with E-state index < -0.39 is 20.0 Å². The molecule has 2 aromatic rings. The third-order valence-electron chi connectivity index (χ3n) is 4.90. The first kappa shape index (κ1) is 22.4. The van der Waals surface area contributed by atoms with Crippen molar-refractivity contribution in [1.29, 1.82) is 0 Å². The fraction of sp³-hybridized carbons (Fsp3) is 0.400. The van der Waals surface area contributed by atoms with Crippen LogP contribution in [-0.2, 0) is 20.0 Å². The highest BCUT2D eigenvalue weighted by Gasteiger charge is 2.29. The Morgan fingerprint density at radius 1 is 0.786 bits per heavy atom. The lowest BCUT2D eigenvalue weighted by Crippen LogP contribution is -2.32. The van der Waals surface area contributed by atoms with Gasteiger partial charge in [-0.3, -0.25) is 4.31 Å². The molecule has 0 aromatic heterocycles. The summed E-state index contributed by atoms with van der Waals surface area (Å²) in [6.07, 6.45) is 0. The summed E-state index contributed by atoms with van der Waals surface area (Å²) in [7, 11) is -6.07. The number of aryl methyl sites for hydroxylation is 2. The Morgan fingerprint density at radius 3 is 1.82 bits per heavy atom. The smallest absolute Gasteiger partial charge is 0.264 e. The second-order valence-corrected chi connectivity index (χ2v) is 10.6. The molecule has 0 spiro atoms. The zero-order valence-corrected chi connectivity index (χ0v) is 18.9. The molecule has 0 aliphatic heterocycles. The van der Waals surface area contributed by atoms with Gasteiger partial charge in [0.25, 0.3) is 10.0 Å². The minimum absolute atomic E-state index is 0.128. The second-order valence-electron chi connectivity index (χ2n) is 6.73. The maximum absolute atomic E-state index is 13.1. The van der Waals surface area contributed by atoms with Gasteiger partial charge in [-0.25, -0.2) is 16.8 Å². The fourth-order valence-corrected chi connectivity index (χ4v) is 6.27. The molecule has 2 rings (SSSR count). The van der Waals surface area contributed by atoms with E-state index in [9.17, 15) is 16.8 Å². The summed E-state index contributed by atoms with van der Waals surface area (Å²) >= 11 is 0. The molecular formula is C20H28N2O4S2. The van der Waals surface area contributed by atoms with Gasteiger partial charge >= 0.3 is 0 Å². The fourth-order valence-electron chi connectivity index (χ4n) is 3.27. The molecule has 0 amide bonds. The molecule has 154 valence electrons. The Labute approximate surface area is 168 Å². The minimum atomic E-state index is -3.82. The van der Waals surface area contributed by atoms with Crippen molar-refractivity contribution in [1.82, 2.24) is 4.31 Å². The van der Waals surface area contributed by atoms with Crippen LogP contribution < -0.4 is 4.31 Å². The molecule has 0 saturated heterocycles. The van der Waals surface area contributed by atoms with Crippen molar-refractivity contribution < 1.29 is 16.8 Å². The van der Waals surface area contributed by atoms with Crippen molar-refractivity contribution in [2.24, 2.45) is 0 Å². The standard InChI is InChI=1S/C20H28N2O4S2/c1-7-22(8-2)28(25,26)19-14-11-16(4)20(17(19)5)21(6)27(23,24)18-12-9-15(3)10-13-18/h9-14H,7-8H2,1-6H3. The Kier molecular flexibility index (Phi) is 6.58. The van der Waals surface area contributed by atoms with Crippen molar-refractivity contribution in [2.75, 3.05) is 24.4 Å². The first-order valence-electron chi connectivity index (χ1n) is 9.14. The van der Waals surface area contributed by atoms with Gasteiger partial charge in [0.05, 0.1) is 15.5 Å². The number of hydrogen-bond acceptors (Lipinski definition) is 4. The SMILES string of the molecule is CCN(CC)S(=O)(=O)c1ccc(C)c(N(C)S(=O)(=O)c2ccc(C)cc2)c1C. The van der Waals surface area contributed by atoms with Gasteiger partial charge in [-0.1, -0.05) is 37.6 Å². The molecule has 0 heterocycles. The minimum Gasteiger partial charge on any atom is -0.269 e. The van der Waals surface area contributed by atoms with E-state index in [0.29, 0.717) is 29.9 Å². The van der Waals surface area contributed by atoms with Crippen LogP contribution in [0.3, 0.4) is 0 Å². The monoisotopic (exact) mass is 424 g/mol. The maximum Gasteiger partial charge on any atom is 0.264 e. The van der Waals surface area contributed by atoms with Crippen LogP contribution in [-0.4, -0.2) is 41.3 Å². The van der Waals surface area contributed by atoms with Crippen LogP contribution in [0.15, 0.2) is 46.2 Å². The summed E-state index contributed by atoms with van der Waals surface area (Å²) in [4.78, 5) is 0.291. The second kappa shape index (κ2) is 8.23. The number of hydrogen-bond donors (Lipinski definition) is 0. The maximum atomic E-state index is 13.1. The highest BCUT2D eigenvalue weighted by Crippen LogP contribution is 2.34. The predicted molar refractivity (Wildman–Crippen MR) is 113 cm³/mol. The number of anilines is 1. The largest absolute Gasteiger partial charge is 0.269 e. The van der Waals surface area contributed by atoms with Crippen molar-refractivity contribution in [3.05, 3.63) is 53.1 Å². The summed E-state index contributed by atoms with van der Waals surface area (Å²) in [5.74, 6) is 0. The number of benzene rings is 2. The normalized spacial score (nSPS) is 12.4. The topological polar surface area (TPSA) is 74.8 Å². The van der Waals surface area contributed by atoms with E-state index in [1.54, 1.807) is 64.1 Å². The number of nitrogens with zero attached hydrogens (tertiary/aromatic N) is 2. The van der Waals surface area contributed by atoms with Crippen LogP contribution in [0, 0.1) is 20.8 Å². The summed E-state index contributed by atoms with van der Waals surface area (Å²) in [5, 5.41) is 0. The van der Waals surface area contributed by atoms with Crippen molar-refractivity contribution >= 4 is 25.7 Å². The van der Waals surface area contributed by atoms with E-state index in [0.717, 1.165) is 5.56 Å². The quantitative estimate of drug-likeness (QED) is 0.682. The van der Waals surface area contributed by atoms with E-state index in [1.165, 1.54) is 15.7 Å². The van der Waals surface area contributed by atoms with Crippen molar-refractivity contribution in [2.45, 2.75) is 44.4 Å². The lowest BCUT2D eigenvalue weighted by atomic mass is 10.1. The van der Waals surface area contributed by atoms with Gasteiger partial charge in [-0.15, -0.1) is 0 Å². The van der Waals surface area contributed by atoms with Crippen LogP contribution in [0.2, 0.25) is 0 Å². The summed E-state index contributed by atoms with van der Waals surface area (Å²) in [6, 6.07) is 9.79. The molecule has 8 heteroatoms. The van der Waals surface area contributed by atoms with Crippen LogP contribution in [0.1, 0.15) is 30.5 Å². The van der Waals surface area contributed by atoms with Crippen LogP contribution >= 0.6 is 0 Å². The van der Waals surface area contributed by atoms with Crippen LogP contribution in [0.5, 0.6) is 0 Å². The third-order valence-corrected chi connectivity index (χ3v) is 8.87. The molecule has 0 bridgehead atoms. The van der Waals surface area contributed by atoms with Gasteiger partial charge in [-0.2, -0.15) is 4.31 Å². The van der Waals surface area contributed by atoms with E-state index in [2.05, 4.69) is 0 Å². The van der Waals surface area contributed by atoms with Gasteiger partial charge in [0.2, 0.25) is 10.0 Å². The highest BCUT2D eigenvalue weighted by atomic mass is 32.2. The Hall–Kier alpha value is -1.90. The summed E-state index contributed by atoms with van der Waals surface area (Å²) < 4.78 is 54.8. The lowest BCUT2D eigenvalue weighted by molar-refractivity contribution is 0.445. The molecule has 0 N–H and O–H groups in total. The zero-order valence-electron chi connectivity index (χ0n) is 17.2. The summed E-state index contributed by atoms with van der Waals surface area (Å²) in [6.45, 7) is 9.56. The van der Waals surface area contributed by atoms with Crippen molar-refractivity contribution in [3.8, 4) is 0 Å². The molecular weight excluding hydrogens is 396 g/mol. The van der Waals surface area contributed by atoms with Crippen LogP contribution in [0.25, 0.3) is 0 Å². The van der Waals surface area contributed by atoms with Gasteiger partial charge in [0.15, 0.2) is 0 Å². The Morgan fingerprint density at radius 2 is 1.32 bits per heavy atom. The van der Waals surface area contributed by atoms with Crippen LogP contribution in [0.4, 0.5) is 5.69 Å². The summed E-state index contributed by atoms with van der Waals surface area (Å²) in [5.41, 5.74) is 2.45. The van der Waals surface area contributed by atoms with E-state index in [4.69, 9.17) is 0 Å². The Balaban J connectivity index is 2.65. The molecule has 0 aliphatic carbocycles. The van der Waals surface area contributed by atoms with Crippen molar-refractivity contribution in [3.63, 3.8) is 0 Å². The molecule has 0 radical (unpaired) electrons. The predicted octanol–water partition coefficient (Wildman–Crippen LogP) is 3.47. The van der Waals surface area contributed by atoms with E-state index in [-0.39, 0.29) is 9.79 Å². The first-order valence-corrected chi connectivity index (χ1v) is 12.0. The first-order chi connectivity index (χ1) is 13.0. The molecule has 0 atom stereocenters. The Bertz CT molecular complexity index is 1060. The van der Waals surface area contributed by atoms with E-state index in [1.807, 2.05) is 6.92 Å². The average Bonchev–Trinajstić information content (AvgIpc) is 2.62. The number of rotatable bonds is 7. The zero-order chi connectivity index (χ0) is 21.3. The molecule has 0 fully saturated rings. The van der Waals surface area contributed by atoms with Gasteiger partial charge < -0.3 is 0 Å². The molecule has 2 aromatic carbocycles. The number of sulfonamides is 2. The third kappa shape index (κ3) is 3.94.